The second kappa shape index (κ2) is 5.61. The molecule has 1 saturated heterocycles. The Balaban J connectivity index is 1.87. The first-order valence-corrected chi connectivity index (χ1v) is 8.98. The van der Waals surface area contributed by atoms with Crippen LogP contribution in [-0.4, -0.2) is 50.2 Å². The molecule has 124 valence electrons. The number of nitrogens with zero attached hydrogens (tertiary/aromatic N) is 1. The van der Waals surface area contributed by atoms with Crippen LogP contribution in [0.4, 0.5) is 0 Å². The lowest BCUT2D eigenvalue weighted by atomic mass is 10.0. The molecule has 1 aromatic rings. The molecule has 1 fully saturated rings. The number of rotatable bonds is 4. The van der Waals surface area contributed by atoms with Gasteiger partial charge in [-0.15, -0.1) is 0 Å². The molecule has 0 aromatic heterocycles. The number of hydrogen-bond acceptors (Lipinski definition) is 5. The molecule has 0 aliphatic carbocycles. The molecule has 2 N–H and O–H groups in total. The van der Waals surface area contributed by atoms with Gasteiger partial charge in [0.25, 0.3) is 21.8 Å². The summed E-state index contributed by atoms with van der Waals surface area (Å²) in [5.74, 6) is -0.456. The van der Waals surface area contributed by atoms with Gasteiger partial charge in [-0.3, -0.25) is 9.59 Å². The Labute approximate surface area is 135 Å². The van der Waals surface area contributed by atoms with Crippen LogP contribution in [0.2, 0.25) is 0 Å². The number of sulfonamides is 1. The van der Waals surface area contributed by atoms with Crippen LogP contribution < -0.4 is 10.6 Å². The topological polar surface area (TPSA) is 95.6 Å². The van der Waals surface area contributed by atoms with Gasteiger partial charge in [0, 0.05) is 37.2 Å². The van der Waals surface area contributed by atoms with Crippen molar-refractivity contribution in [2.45, 2.75) is 24.8 Å². The lowest BCUT2D eigenvalue weighted by molar-refractivity contribution is 0.0845. The summed E-state index contributed by atoms with van der Waals surface area (Å²) in [7, 11) is -3.88. The molecule has 2 aliphatic rings. The van der Waals surface area contributed by atoms with Gasteiger partial charge in [-0.1, -0.05) is 0 Å². The van der Waals surface area contributed by atoms with E-state index in [-0.39, 0.29) is 21.9 Å². The molecule has 0 spiro atoms. The van der Waals surface area contributed by atoms with Crippen LogP contribution in [-0.2, 0) is 10.0 Å². The smallest absolute Gasteiger partial charge is 0.269 e. The van der Waals surface area contributed by atoms with Gasteiger partial charge in [-0.05, 0) is 32.0 Å². The molecule has 2 aliphatic heterocycles. The Morgan fingerprint density at radius 3 is 2.65 bits per heavy atom. The molecule has 3 rings (SSSR count). The first-order chi connectivity index (χ1) is 10.8. The van der Waals surface area contributed by atoms with E-state index < -0.39 is 22.0 Å². The van der Waals surface area contributed by atoms with E-state index in [0.29, 0.717) is 12.5 Å². The average Bonchev–Trinajstić information content (AvgIpc) is 2.63. The number of carbonyl (C=O) groups excluding carboxylic acids is 2. The van der Waals surface area contributed by atoms with Gasteiger partial charge in [0.15, 0.2) is 0 Å². The number of benzene rings is 1. The summed E-state index contributed by atoms with van der Waals surface area (Å²) in [5, 5.41) is 5.91. The highest BCUT2D eigenvalue weighted by molar-refractivity contribution is 7.90. The second-order valence-corrected chi connectivity index (χ2v) is 7.93. The molecule has 23 heavy (non-hydrogen) atoms. The maximum atomic E-state index is 12.5. The minimum Gasteiger partial charge on any atom is -0.352 e. The van der Waals surface area contributed by atoms with Crippen LogP contribution in [0.25, 0.3) is 0 Å². The first-order valence-electron chi connectivity index (χ1n) is 7.54. The summed E-state index contributed by atoms with van der Waals surface area (Å²) < 4.78 is 25.9. The van der Waals surface area contributed by atoms with Gasteiger partial charge < -0.3 is 10.6 Å². The summed E-state index contributed by atoms with van der Waals surface area (Å²) in [6.07, 6.45) is 0. The molecule has 0 saturated carbocycles. The van der Waals surface area contributed by atoms with Gasteiger partial charge in [0.05, 0.1) is 5.56 Å². The van der Waals surface area contributed by atoms with Crippen molar-refractivity contribution in [3.63, 3.8) is 0 Å². The maximum absolute atomic E-state index is 12.5. The Bertz CT molecular complexity index is 769. The monoisotopic (exact) mass is 337 g/mol. The van der Waals surface area contributed by atoms with E-state index in [1.54, 1.807) is 13.8 Å². The third-order valence-electron chi connectivity index (χ3n) is 4.10. The summed E-state index contributed by atoms with van der Waals surface area (Å²) >= 11 is 0. The molecule has 2 heterocycles. The summed E-state index contributed by atoms with van der Waals surface area (Å²) in [6.45, 7) is 5.57. The van der Waals surface area contributed by atoms with Crippen molar-refractivity contribution in [2.75, 3.05) is 19.6 Å². The largest absolute Gasteiger partial charge is 0.352 e. The normalized spacial score (nSPS) is 19.6. The number of hydrogen-bond donors (Lipinski definition) is 2. The highest BCUT2D eigenvalue weighted by Gasteiger charge is 2.42. The van der Waals surface area contributed by atoms with E-state index in [4.69, 9.17) is 0 Å². The summed E-state index contributed by atoms with van der Waals surface area (Å²) in [6, 6.07) is 3.73. The molecular weight excluding hydrogens is 318 g/mol. The Kier molecular flexibility index (Phi) is 3.89. The lowest BCUT2D eigenvalue weighted by Gasteiger charge is -2.27. The fraction of sp³-hybridized carbons (Fsp3) is 0.467. The molecule has 0 atom stereocenters. The molecule has 8 heteroatoms. The number of amides is 2. The Morgan fingerprint density at radius 1 is 1.39 bits per heavy atom. The van der Waals surface area contributed by atoms with E-state index in [1.165, 1.54) is 18.2 Å². The third kappa shape index (κ3) is 2.61. The van der Waals surface area contributed by atoms with Crippen LogP contribution in [0.15, 0.2) is 23.1 Å². The van der Waals surface area contributed by atoms with E-state index >= 15 is 0 Å². The van der Waals surface area contributed by atoms with Crippen molar-refractivity contribution in [1.82, 2.24) is 14.9 Å². The molecule has 0 unspecified atom stereocenters. The third-order valence-corrected chi connectivity index (χ3v) is 6.10. The predicted octanol–water partition coefficient (Wildman–Crippen LogP) is 0.189. The van der Waals surface area contributed by atoms with Crippen LogP contribution >= 0.6 is 0 Å². The quantitative estimate of drug-likeness (QED) is 0.818. The SMILES string of the molecule is CC(C)N1C(=O)c2ccc(C(=O)NCC3CNC3)cc2S1(=O)=O. The standard InChI is InChI=1S/C15H19N3O4S/c1-9(2)18-15(20)12-4-3-11(5-13(12)23(18,21)22)14(19)17-8-10-6-16-7-10/h3-5,9-10,16H,6-8H2,1-2H3,(H,17,19). The lowest BCUT2D eigenvalue weighted by Crippen LogP contribution is -2.48. The fourth-order valence-electron chi connectivity index (χ4n) is 2.73. The summed E-state index contributed by atoms with van der Waals surface area (Å²) in [4.78, 5) is 24.3. The van der Waals surface area contributed by atoms with E-state index in [0.717, 1.165) is 17.4 Å². The zero-order chi connectivity index (χ0) is 16.8. The van der Waals surface area contributed by atoms with Crippen molar-refractivity contribution in [3.05, 3.63) is 29.3 Å². The van der Waals surface area contributed by atoms with Crippen LogP contribution in [0.3, 0.4) is 0 Å². The van der Waals surface area contributed by atoms with E-state index in [2.05, 4.69) is 10.6 Å². The van der Waals surface area contributed by atoms with Crippen LogP contribution in [0, 0.1) is 5.92 Å². The van der Waals surface area contributed by atoms with Crippen LogP contribution in [0.5, 0.6) is 0 Å². The minimum atomic E-state index is -3.88. The Morgan fingerprint density at radius 2 is 2.09 bits per heavy atom. The number of nitrogens with one attached hydrogen (secondary N) is 2. The Hall–Kier alpha value is -1.93. The van der Waals surface area contributed by atoms with Crippen molar-refractivity contribution < 1.29 is 18.0 Å². The van der Waals surface area contributed by atoms with Crippen molar-refractivity contribution >= 4 is 21.8 Å². The minimum absolute atomic E-state index is 0.0887. The van der Waals surface area contributed by atoms with Gasteiger partial charge >= 0.3 is 0 Å². The predicted molar refractivity (Wildman–Crippen MR) is 83.6 cm³/mol. The van der Waals surface area contributed by atoms with Gasteiger partial charge in [-0.2, -0.15) is 0 Å². The maximum Gasteiger partial charge on any atom is 0.269 e. The number of fused-ring (bicyclic) bond motifs is 1. The second-order valence-electron chi connectivity index (χ2n) is 6.15. The zero-order valence-corrected chi connectivity index (χ0v) is 13.8. The van der Waals surface area contributed by atoms with Crippen LogP contribution in [0.1, 0.15) is 34.6 Å². The fourth-order valence-corrected chi connectivity index (χ4v) is 4.52. The zero-order valence-electron chi connectivity index (χ0n) is 13.0. The summed E-state index contributed by atoms with van der Waals surface area (Å²) in [5.41, 5.74) is 0.372. The molecule has 0 radical (unpaired) electrons. The highest BCUT2D eigenvalue weighted by Crippen LogP contribution is 2.32. The van der Waals surface area contributed by atoms with Crippen molar-refractivity contribution in [3.8, 4) is 0 Å². The average molecular weight is 337 g/mol. The van der Waals surface area contributed by atoms with Gasteiger partial charge in [0.2, 0.25) is 0 Å². The molecule has 7 nitrogen and oxygen atoms in total. The van der Waals surface area contributed by atoms with Gasteiger partial charge in [0.1, 0.15) is 4.90 Å². The van der Waals surface area contributed by atoms with Crippen molar-refractivity contribution in [1.29, 1.82) is 0 Å². The number of carbonyl (C=O) groups is 2. The van der Waals surface area contributed by atoms with Crippen molar-refractivity contribution in [2.24, 2.45) is 5.92 Å². The highest BCUT2D eigenvalue weighted by atomic mass is 32.2. The first kappa shape index (κ1) is 15.9. The molecule has 1 aromatic carbocycles. The molecule has 0 bridgehead atoms. The van der Waals surface area contributed by atoms with Gasteiger partial charge in [-0.25, -0.2) is 12.7 Å². The molecule has 2 amide bonds. The van der Waals surface area contributed by atoms with E-state index in [1.807, 2.05) is 0 Å². The van der Waals surface area contributed by atoms with E-state index in [9.17, 15) is 18.0 Å². The molecular formula is C15H19N3O4S.